The number of likely N-dealkylation sites (N-methyl/N-ethyl adjacent to an activating group) is 1. The highest BCUT2D eigenvalue weighted by molar-refractivity contribution is 7.15. The van der Waals surface area contributed by atoms with Gasteiger partial charge in [-0.2, -0.15) is 0 Å². The number of rotatable bonds is 6. The van der Waals surface area contributed by atoms with E-state index in [-0.39, 0.29) is 18.2 Å². The Kier molecular flexibility index (Phi) is 6.76. The number of nitrogens with zero attached hydrogens (tertiary/aromatic N) is 3. The smallest absolute Gasteiger partial charge is 0.290 e. The zero-order valence-electron chi connectivity index (χ0n) is 14.6. The molecule has 2 N–H and O–H groups in total. The van der Waals surface area contributed by atoms with Crippen LogP contribution in [0.3, 0.4) is 0 Å². The van der Waals surface area contributed by atoms with Crippen molar-refractivity contribution in [1.29, 1.82) is 0 Å². The normalized spacial score (nSPS) is 14.3. The van der Waals surface area contributed by atoms with Crippen LogP contribution in [0.4, 0.5) is 9.52 Å². The van der Waals surface area contributed by atoms with E-state index in [0.29, 0.717) is 23.5 Å². The summed E-state index contributed by atoms with van der Waals surface area (Å²) >= 11 is 1.37. The molecule has 1 fully saturated rings. The molecule has 1 saturated carbocycles. The van der Waals surface area contributed by atoms with Crippen molar-refractivity contribution >= 4 is 28.8 Å². The molecule has 0 atom stereocenters. The topological polar surface area (TPSA) is 95.4 Å². The van der Waals surface area contributed by atoms with E-state index < -0.39 is 5.41 Å². The van der Waals surface area contributed by atoms with Gasteiger partial charge in [-0.05, 0) is 33.0 Å². The highest BCUT2D eigenvalue weighted by Crippen LogP contribution is 2.49. The van der Waals surface area contributed by atoms with E-state index in [4.69, 9.17) is 9.90 Å². The van der Waals surface area contributed by atoms with E-state index in [2.05, 4.69) is 20.4 Å². The molecule has 0 unspecified atom stereocenters. The fourth-order valence-corrected chi connectivity index (χ4v) is 3.26. The summed E-state index contributed by atoms with van der Waals surface area (Å²) in [6.45, 7) is 0.627. The monoisotopic (exact) mass is 380 g/mol. The SMILES string of the molecule is CN(C)CCc1nnc(NC(=O)C2(c3ccccc3F)CC2)s1.O=CO. The van der Waals surface area contributed by atoms with E-state index >= 15 is 0 Å². The van der Waals surface area contributed by atoms with Crippen LogP contribution in [0.1, 0.15) is 23.4 Å². The molecule has 1 aromatic carbocycles. The first-order chi connectivity index (χ1) is 12.4. The molecule has 26 heavy (non-hydrogen) atoms. The largest absolute Gasteiger partial charge is 0.483 e. The lowest BCUT2D eigenvalue weighted by atomic mass is 9.94. The second-order valence-corrected chi connectivity index (χ2v) is 7.24. The van der Waals surface area contributed by atoms with Crippen LogP contribution in [0.5, 0.6) is 0 Å². The van der Waals surface area contributed by atoms with E-state index in [9.17, 15) is 9.18 Å². The predicted octanol–water partition coefficient (Wildman–Crippen LogP) is 2.15. The highest BCUT2D eigenvalue weighted by atomic mass is 32.1. The van der Waals surface area contributed by atoms with Crippen LogP contribution in [0.25, 0.3) is 0 Å². The molecule has 3 rings (SSSR count). The van der Waals surface area contributed by atoms with Crippen molar-refractivity contribution in [2.45, 2.75) is 24.7 Å². The van der Waals surface area contributed by atoms with Gasteiger partial charge in [-0.15, -0.1) is 10.2 Å². The number of benzene rings is 1. The molecule has 1 heterocycles. The molecule has 1 aliphatic carbocycles. The number of hydrogen-bond acceptors (Lipinski definition) is 6. The van der Waals surface area contributed by atoms with Crippen LogP contribution < -0.4 is 5.32 Å². The molecular weight excluding hydrogens is 359 g/mol. The predicted molar refractivity (Wildman–Crippen MR) is 96.8 cm³/mol. The summed E-state index contributed by atoms with van der Waals surface area (Å²) < 4.78 is 14.0. The van der Waals surface area contributed by atoms with Gasteiger partial charge < -0.3 is 10.0 Å². The van der Waals surface area contributed by atoms with E-state index in [1.807, 2.05) is 14.1 Å². The third-order valence-corrected chi connectivity index (χ3v) is 4.93. The summed E-state index contributed by atoms with van der Waals surface area (Å²) in [6, 6.07) is 6.47. The average Bonchev–Trinajstić information content (AvgIpc) is 3.28. The van der Waals surface area contributed by atoms with Crippen LogP contribution in [0, 0.1) is 5.82 Å². The molecule has 0 saturated heterocycles. The standard InChI is InChI=1S/C16H19FN4OS.CH2O2/c1-21(2)10-7-13-19-20-15(23-13)18-14(22)16(8-9-16)11-5-3-4-6-12(11)17;2-1-3/h3-6H,7-10H2,1-2H3,(H,18,20,22);1H,(H,2,3). The zero-order valence-corrected chi connectivity index (χ0v) is 15.4. The molecule has 1 amide bonds. The van der Waals surface area contributed by atoms with Crippen molar-refractivity contribution in [3.63, 3.8) is 0 Å². The maximum absolute atomic E-state index is 14.0. The van der Waals surface area contributed by atoms with Crippen molar-refractivity contribution in [3.05, 3.63) is 40.7 Å². The maximum Gasteiger partial charge on any atom is 0.290 e. The van der Waals surface area contributed by atoms with Crippen molar-refractivity contribution in [2.24, 2.45) is 0 Å². The number of halogens is 1. The second kappa shape index (κ2) is 8.81. The molecule has 140 valence electrons. The number of aromatic nitrogens is 2. The number of carboxylic acid groups (broad SMARTS) is 1. The molecule has 1 aromatic heterocycles. The quantitative estimate of drug-likeness (QED) is 0.746. The molecule has 0 aliphatic heterocycles. The minimum Gasteiger partial charge on any atom is -0.483 e. The van der Waals surface area contributed by atoms with Crippen LogP contribution in [0.15, 0.2) is 24.3 Å². The highest BCUT2D eigenvalue weighted by Gasteiger charge is 2.52. The Morgan fingerprint density at radius 3 is 2.62 bits per heavy atom. The second-order valence-electron chi connectivity index (χ2n) is 6.18. The number of amides is 1. The number of hydrogen-bond donors (Lipinski definition) is 2. The van der Waals surface area contributed by atoms with Crippen LogP contribution in [0.2, 0.25) is 0 Å². The Morgan fingerprint density at radius 1 is 1.38 bits per heavy atom. The fourth-order valence-electron chi connectivity index (χ4n) is 2.53. The molecule has 0 radical (unpaired) electrons. The zero-order chi connectivity index (χ0) is 19.2. The molecule has 2 aromatic rings. The number of anilines is 1. The summed E-state index contributed by atoms with van der Waals surface area (Å²) in [6.07, 6.45) is 2.11. The Bertz CT molecular complexity index is 762. The first kappa shape index (κ1) is 19.9. The number of carbonyl (C=O) groups excluding carboxylic acids is 1. The Morgan fingerprint density at radius 2 is 2.04 bits per heavy atom. The van der Waals surface area contributed by atoms with Crippen molar-refractivity contribution in [2.75, 3.05) is 26.0 Å². The average molecular weight is 380 g/mol. The first-order valence-corrected chi connectivity index (χ1v) is 8.86. The van der Waals surface area contributed by atoms with Gasteiger partial charge in [0.2, 0.25) is 11.0 Å². The minimum absolute atomic E-state index is 0.196. The van der Waals surface area contributed by atoms with Gasteiger partial charge in [0.25, 0.3) is 6.47 Å². The van der Waals surface area contributed by atoms with Gasteiger partial charge in [0, 0.05) is 18.5 Å². The number of nitrogens with one attached hydrogen (secondary N) is 1. The third-order valence-electron chi connectivity index (χ3n) is 4.03. The van der Waals surface area contributed by atoms with Crippen molar-refractivity contribution < 1.29 is 19.1 Å². The van der Waals surface area contributed by atoms with E-state index in [1.165, 1.54) is 17.4 Å². The van der Waals surface area contributed by atoms with Gasteiger partial charge in [0.15, 0.2) is 0 Å². The van der Waals surface area contributed by atoms with Crippen molar-refractivity contribution in [3.8, 4) is 0 Å². The summed E-state index contributed by atoms with van der Waals surface area (Å²) in [7, 11) is 3.99. The van der Waals surface area contributed by atoms with Gasteiger partial charge in [0.05, 0.1) is 5.41 Å². The third kappa shape index (κ3) is 4.83. The maximum atomic E-state index is 14.0. The number of carbonyl (C=O) groups is 2. The summed E-state index contributed by atoms with van der Waals surface area (Å²) in [5.74, 6) is -0.526. The Hall–Kier alpha value is -2.39. The lowest BCUT2D eigenvalue weighted by molar-refractivity contribution is -0.123. The molecule has 9 heteroatoms. The van der Waals surface area contributed by atoms with E-state index in [1.54, 1.807) is 18.2 Å². The van der Waals surface area contributed by atoms with Crippen molar-refractivity contribution in [1.82, 2.24) is 15.1 Å². The summed E-state index contributed by atoms with van der Waals surface area (Å²) in [5, 5.41) is 19.2. The lowest BCUT2D eigenvalue weighted by Crippen LogP contribution is -2.28. The Labute approximate surface area is 154 Å². The van der Waals surface area contributed by atoms with Crippen LogP contribution in [-0.2, 0) is 21.4 Å². The van der Waals surface area contributed by atoms with Gasteiger partial charge in [0.1, 0.15) is 10.8 Å². The lowest BCUT2D eigenvalue weighted by Gasteiger charge is -2.15. The molecular formula is C17H21FN4O3S. The van der Waals surface area contributed by atoms with Gasteiger partial charge in [-0.3, -0.25) is 14.9 Å². The molecule has 7 nitrogen and oxygen atoms in total. The fraction of sp³-hybridized carbons (Fsp3) is 0.412. The Balaban J connectivity index is 0.000000758. The van der Waals surface area contributed by atoms with Gasteiger partial charge >= 0.3 is 0 Å². The summed E-state index contributed by atoms with van der Waals surface area (Å²) in [5.41, 5.74) is -0.282. The van der Waals surface area contributed by atoms with Gasteiger partial charge in [-0.1, -0.05) is 29.5 Å². The van der Waals surface area contributed by atoms with Crippen LogP contribution >= 0.6 is 11.3 Å². The van der Waals surface area contributed by atoms with E-state index in [0.717, 1.165) is 18.0 Å². The molecule has 0 bridgehead atoms. The van der Waals surface area contributed by atoms with Gasteiger partial charge in [-0.25, -0.2) is 4.39 Å². The first-order valence-electron chi connectivity index (χ1n) is 8.04. The van der Waals surface area contributed by atoms with Crippen LogP contribution in [-0.4, -0.2) is 53.2 Å². The molecule has 0 spiro atoms. The summed E-state index contributed by atoms with van der Waals surface area (Å²) in [4.78, 5) is 23.0. The molecule has 1 aliphatic rings. The minimum atomic E-state index is -0.749.